The van der Waals surface area contributed by atoms with Crippen LogP contribution in [-0.2, 0) is 14.4 Å². The fourth-order valence-electron chi connectivity index (χ4n) is 1.17. The molecule has 0 radical (unpaired) electrons. The molecule has 0 aliphatic heterocycles. The van der Waals surface area contributed by atoms with E-state index in [1.807, 2.05) is 6.92 Å². The van der Waals surface area contributed by atoms with Gasteiger partial charge in [-0.05, 0) is 12.8 Å². The smallest absolute Gasteiger partial charge is 0.390 e. The minimum Gasteiger partial charge on any atom is -0.390 e. The Morgan fingerprint density at radius 1 is 1.30 bits per heavy atom. The van der Waals surface area contributed by atoms with Gasteiger partial charge in [0.05, 0.1) is 6.61 Å². The van der Waals surface area contributed by atoms with Crippen LogP contribution >= 0.6 is 0 Å². The predicted molar refractivity (Wildman–Crippen MR) is 72.2 cm³/mol. The summed E-state index contributed by atoms with van der Waals surface area (Å²) in [4.78, 5) is 42.4. The van der Waals surface area contributed by atoms with Crippen LogP contribution in [0.5, 0.6) is 0 Å². The van der Waals surface area contributed by atoms with Gasteiger partial charge in [0, 0.05) is 18.6 Å². The quantitative estimate of drug-likeness (QED) is 0.183. The number of hydrogen-bond acceptors (Lipinski definition) is 7. The van der Waals surface area contributed by atoms with Crippen LogP contribution in [0.15, 0.2) is 0 Å². The van der Waals surface area contributed by atoms with Crippen LogP contribution in [0.4, 0.5) is 0 Å². The van der Waals surface area contributed by atoms with Gasteiger partial charge in [-0.3, -0.25) is 9.63 Å². The van der Waals surface area contributed by atoms with Gasteiger partial charge >= 0.3 is 8.80 Å². The Balaban J connectivity index is 3.50. The lowest BCUT2D eigenvalue weighted by Crippen LogP contribution is -2.35. The second-order valence-electron chi connectivity index (χ2n) is 4.69. The maximum atomic E-state index is 11.3. The lowest BCUT2D eigenvalue weighted by molar-refractivity contribution is -0.140. The predicted octanol–water partition coefficient (Wildman–Crippen LogP) is -1.24. The van der Waals surface area contributed by atoms with Gasteiger partial charge in [-0.1, -0.05) is 13.8 Å². The lowest BCUT2D eigenvalue weighted by Gasteiger charge is -2.14. The third-order valence-electron chi connectivity index (χ3n) is 2.62. The van der Waals surface area contributed by atoms with E-state index in [2.05, 4.69) is 5.48 Å². The van der Waals surface area contributed by atoms with Crippen molar-refractivity contribution in [3.63, 3.8) is 0 Å². The lowest BCUT2D eigenvalue weighted by atomic mass is 10.1. The second kappa shape index (κ2) is 10.2. The molecule has 0 aliphatic carbocycles. The normalized spacial score (nSPS) is 14.9. The van der Waals surface area contributed by atoms with E-state index < -0.39 is 14.9 Å². The summed E-state index contributed by atoms with van der Waals surface area (Å²) in [6.45, 7) is 3.74. The van der Waals surface area contributed by atoms with Crippen LogP contribution in [0.3, 0.4) is 0 Å². The van der Waals surface area contributed by atoms with Crippen molar-refractivity contribution in [2.75, 3.05) is 19.8 Å². The van der Waals surface area contributed by atoms with E-state index >= 15 is 0 Å². The molecule has 0 aromatic rings. The van der Waals surface area contributed by atoms with Gasteiger partial charge in [0.15, 0.2) is 0 Å². The van der Waals surface area contributed by atoms with Gasteiger partial charge < -0.3 is 24.2 Å². The van der Waals surface area contributed by atoms with Crippen LogP contribution in [0.1, 0.15) is 26.7 Å². The van der Waals surface area contributed by atoms with Gasteiger partial charge in [0.2, 0.25) is 5.91 Å². The Hall–Kier alpha value is -0.553. The van der Waals surface area contributed by atoms with Crippen LogP contribution in [-0.4, -0.2) is 60.1 Å². The summed E-state index contributed by atoms with van der Waals surface area (Å²) in [6, 6.07) is -0.107. The molecule has 0 spiro atoms. The monoisotopic (exact) mass is 311 g/mol. The highest BCUT2D eigenvalue weighted by Crippen LogP contribution is 2.02. The highest BCUT2D eigenvalue weighted by Gasteiger charge is 2.25. The van der Waals surface area contributed by atoms with E-state index in [4.69, 9.17) is 24.0 Å². The summed E-state index contributed by atoms with van der Waals surface area (Å²) < 4.78 is 5.06. The zero-order valence-electron chi connectivity index (χ0n) is 11.9. The first kappa shape index (κ1) is 19.4. The molecule has 2 unspecified atom stereocenters. The zero-order valence-corrected chi connectivity index (χ0v) is 12.9. The summed E-state index contributed by atoms with van der Waals surface area (Å²) in [7, 11) is -4.00. The van der Waals surface area contributed by atoms with Crippen molar-refractivity contribution in [2.45, 2.75) is 38.8 Å². The molecule has 9 heteroatoms. The number of carbonyl (C=O) groups is 1. The first-order valence-corrected chi connectivity index (χ1v) is 8.65. The van der Waals surface area contributed by atoms with Crippen molar-refractivity contribution >= 4 is 14.7 Å². The number of carbonyl (C=O) groups excluding carboxylic acids is 1. The van der Waals surface area contributed by atoms with Gasteiger partial charge in [-0.2, -0.15) is 0 Å². The fraction of sp³-hybridized carbons (Fsp3) is 0.909. The van der Waals surface area contributed by atoms with Crippen molar-refractivity contribution in [3.8, 4) is 0 Å². The third-order valence-corrected chi connectivity index (χ3v) is 3.64. The molecule has 20 heavy (non-hydrogen) atoms. The molecule has 0 rings (SSSR count). The van der Waals surface area contributed by atoms with E-state index in [9.17, 15) is 9.90 Å². The molecule has 0 bridgehead atoms. The number of nitrogens with one attached hydrogen (secondary N) is 1. The van der Waals surface area contributed by atoms with Crippen LogP contribution in [0.2, 0.25) is 6.04 Å². The van der Waals surface area contributed by atoms with E-state index in [1.165, 1.54) is 0 Å². The second-order valence-corrected chi connectivity index (χ2v) is 6.74. The first-order valence-electron chi connectivity index (χ1n) is 6.60. The van der Waals surface area contributed by atoms with Crippen LogP contribution in [0.25, 0.3) is 0 Å². The molecule has 0 saturated carbocycles. The van der Waals surface area contributed by atoms with E-state index in [0.29, 0.717) is 6.42 Å². The molecular formula is C11H25NO7Si. The van der Waals surface area contributed by atoms with E-state index in [1.54, 1.807) is 6.92 Å². The number of ether oxygens (including phenoxy) is 1. The molecule has 0 saturated heterocycles. The maximum Gasteiger partial charge on any atom is 0.492 e. The summed E-state index contributed by atoms with van der Waals surface area (Å²) >= 11 is 0. The molecule has 120 valence electrons. The van der Waals surface area contributed by atoms with Crippen molar-refractivity contribution in [2.24, 2.45) is 5.92 Å². The largest absolute Gasteiger partial charge is 0.492 e. The molecule has 8 nitrogen and oxygen atoms in total. The molecule has 5 N–H and O–H groups in total. The van der Waals surface area contributed by atoms with Crippen molar-refractivity contribution < 1.29 is 33.9 Å². The SMILES string of the molecule is CCC(C)C(=O)NOCC(O)COCCC[Si](O)(O)O. The maximum absolute atomic E-state index is 11.3. The minimum absolute atomic E-state index is 0.00393. The van der Waals surface area contributed by atoms with Gasteiger partial charge in [-0.25, -0.2) is 5.48 Å². The molecular weight excluding hydrogens is 286 g/mol. The average molecular weight is 311 g/mol. The number of aliphatic hydroxyl groups excluding tert-OH is 1. The van der Waals surface area contributed by atoms with Gasteiger partial charge in [0.25, 0.3) is 0 Å². The zero-order chi connectivity index (χ0) is 15.6. The van der Waals surface area contributed by atoms with Gasteiger partial charge in [0.1, 0.15) is 12.7 Å². The number of amides is 1. The number of rotatable bonds is 11. The Labute approximate surface area is 119 Å². The number of aliphatic hydroxyl groups is 1. The summed E-state index contributed by atoms with van der Waals surface area (Å²) in [5.74, 6) is -0.390. The molecule has 1 amide bonds. The van der Waals surface area contributed by atoms with Crippen molar-refractivity contribution in [1.82, 2.24) is 5.48 Å². The molecule has 0 aromatic heterocycles. The first-order chi connectivity index (χ1) is 9.26. The Kier molecular flexibility index (Phi) is 9.93. The summed E-state index contributed by atoms with van der Waals surface area (Å²) in [6.07, 6.45) is 0.0897. The van der Waals surface area contributed by atoms with Gasteiger partial charge in [-0.15, -0.1) is 0 Å². The molecule has 0 aromatic carbocycles. The van der Waals surface area contributed by atoms with Crippen molar-refractivity contribution in [1.29, 1.82) is 0 Å². The standard InChI is InChI=1S/C11H25NO7Si/c1-3-9(2)11(14)12-19-8-10(13)7-18-5-4-6-20(15,16)17/h9-10,13,15-17H,3-8H2,1-2H3,(H,12,14). The minimum atomic E-state index is -4.00. The molecule has 0 heterocycles. The van der Waals surface area contributed by atoms with E-state index in [0.717, 1.165) is 0 Å². The van der Waals surface area contributed by atoms with Crippen molar-refractivity contribution in [3.05, 3.63) is 0 Å². The number of hydroxylamine groups is 1. The highest BCUT2D eigenvalue weighted by molar-refractivity contribution is 6.56. The number of hydrogen-bond donors (Lipinski definition) is 5. The average Bonchev–Trinajstić information content (AvgIpc) is 2.35. The molecule has 0 fully saturated rings. The summed E-state index contributed by atoms with van der Waals surface area (Å²) in [5, 5.41) is 9.48. The topological polar surface area (TPSA) is 128 Å². The third kappa shape index (κ3) is 11.3. The summed E-state index contributed by atoms with van der Waals surface area (Å²) in [5.41, 5.74) is 2.24. The Morgan fingerprint density at radius 3 is 2.50 bits per heavy atom. The molecule has 0 aliphatic rings. The Morgan fingerprint density at radius 2 is 1.95 bits per heavy atom. The highest BCUT2D eigenvalue weighted by atomic mass is 28.4. The van der Waals surface area contributed by atoms with Crippen LogP contribution in [0, 0.1) is 5.92 Å². The van der Waals surface area contributed by atoms with Crippen LogP contribution < -0.4 is 5.48 Å². The van der Waals surface area contributed by atoms with E-state index in [-0.39, 0.29) is 44.1 Å². The Bertz CT molecular complexity index is 272. The fourth-order valence-corrected chi connectivity index (χ4v) is 1.79. The molecule has 2 atom stereocenters.